The maximum atomic E-state index is 2.88. The minimum Gasteiger partial charge on any atom is -0.365 e. The predicted molar refractivity (Wildman–Crippen MR) is 111 cm³/mol. The Labute approximate surface area is 160 Å². The lowest BCUT2D eigenvalue weighted by molar-refractivity contribution is -0.0993. The highest BCUT2D eigenvalue weighted by Gasteiger charge is 2.62. The molecule has 1 heteroatoms. The van der Waals surface area contributed by atoms with E-state index in [0.29, 0.717) is 11.0 Å². The third-order valence-corrected chi connectivity index (χ3v) is 8.94. The predicted octanol–water partition coefficient (Wildman–Crippen LogP) is 6.24. The van der Waals surface area contributed by atoms with Gasteiger partial charge in [-0.1, -0.05) is 32.0 Å². The molecule has 6 rings (SSSR count). The normalized spacial score (nSPS) is 39.9. The van der Waals surface area contributed by atoms with Crippen molar-refractivity contribution in [1.82, 2.24) is 0 Å². The molecule has 1 spiro atoms. The summed E-state index contributed by atoms with van der Waals surface area (Å²) < 4.78 is 0. The summed E-state index contributed by atoms with van der Waals surface area (Å²) in [5, 5.41) is 0. The molecule has 0 radical (unpaired) electrons. The zero-order chi connectivity index (χ0) is 18.1. The number of aryl methyl sites for hydroxylation is 2. The molecular formula is C25H37N. The average molecular weight is 352 g/mol. The molecule has 4 bridgehead atoms. The van der Waals surface area contributed by atoms with Crippen molar-refractivity contribution in [2.75, 3.05) is 11.4 Å². The second-order valence-corrected chi connectivity index (χ2v) is 10.7. The SMILES string of the molecule is CCc1cccc(CC)c1N1CC2(CC1(C)C)C1CC3CC(C1)CC2C3. The minimum absolute atomic E-state index is 0.296. The second-order valence-electron chi connectivity index (χ2n) is 10.7. The van der Waals surface area contributed by atoms with Crippen LogP contribution in [0.15, 0.2) is 18.2 Å². The summed E-state index contributed by atoms with van der Waals surface area (Å²) in [6.07, 6.45) is 11.5. The summed E-state index contributed by atoms with van der Waals surface area (Å²) >= 11 is 0. The zero-order valence-electron chi connectivity index (χ0n) is 17.4. The first kappa shape index (κ1) is 17.1. The van der Waals surface area contributed by atoms with E-state index >= 15 is 0 Å². The standard InChI is InChI=1S/C25H37N/c1-5-19-8-7-9-20(6-2)23(19)26-16-25(15-24(26,3)4)21-11-17-10-18(13-21)14-22(25)12-17/h7-9,17-18,21-22H,5-6,10-16H2,1-4H3. The number of para-hydroxylation sites is 1. The third kappa shape index (κ3) is 2.28. The van der Waals surface area contributed by atoms with Gasteiger partial charge in [0.15, 0.2) is 0 Å². The van der Waals surface area contributed by atoms with Crippen molar-refractivity contribution in [2.45, 2.75) is 84.6 Å². The minimum atomic E-state index is 0.296. The van der Waals surface area contributed by atoms with Gasteiger partial charge in [0, 0.05) is 17.8 Å². The molecule has 0 amide bonds. The van der Waals surface area contributed by atoms with Crippen molar-refractivity contribution in [3.8, 4) is 0 Å². The lowest BCUT2D eigenvalue weighted by atomic mass is 9.44. The van der Waals surface area contributed by atoms with Gasteiger partial charge in [0.25, 0.3) is 0 Å². The first-order valence-corrected chi connectivity index (χ1v) is 11.3. The molecule has 1 aliphatic heterocycles. The molecule has 1 aromatic rings. The number of rotatable bonds is 3. The van der Waals surface area contributed by atoms with E-state index in [2.05, 4.69) is 50.8 Å². The molecule has 5 fully saturated rings. The fraction of sp³-hybridized carbons (Fsp3) is 0.760. The van der Waals surface area contributed by atoms with Gasteiger partial charge in [-0.2, -0.15) is 0 Å². The lowest BCUT2D eigenvalue weighted by Gasteiger charge is -2.60. The summed E-state index contributed by atoms with van der Waals surface area (Å²) in [5.74, 6) is 4.19. The van der Waals surface area contributed by atoms with Crippen LogP contribution in [0.1, 0.15) is 77.3 Å². The van der Waals surface area contributed by atoms with Crippen LogP contribution in [0.5, 0.6) is 0 Å². The average Bonchev–Trinajstić information content (AvgIpc) is 2.90. The van der Waals surface area contributed by atoms with E-state index in [1.165, 1.54) is 13.0 Å². The molecule has 0 atom stereocenters. The molecule has 4 saturated carbocycles. The summed E-state index contributed by atoms with van der Waals surface area (Å²) in [7, 11) is 0. The zero-order valence-corrected chi connectivity index (χ0v) is 17.4. The summed E-state index contributed by atoms with van der Waals surface area (Å²) in [4.78, 5) is 2.88. The van der Waals surface area contributed by atoms with Crippen LogP contribution in [0.25, 0.3) is 0 Å². The van der Waals surface area contributed by atoms with E-state index in [1.54, 1.807) is 48.9 Å². The molecular weight excluding hydrogens is 314 g/mol. The Morgan fingerprint density at radius 3 is 1.92 bits per heavy atom. The fourth-order valence-corrected chi connectivity index (χ4v) is 8.08. The highest BCUT2D eigenvalue weighted by molar-refractivity contribution is 5.63. The number of nitrogens with zero attached hydrogens (tertiary/aromatic N) is 1. The Morgan fingerprint density at radius 2 is 1.42 bits per heavy atom. The van der Waals surface area contributed by atoms with Gasteiger partial charge in [0.05, 0.1) is 0 Å². The smallest absolute Gasteiger partial charge is 0.0435 e. The maximum Gasteiger partial charge on any atom is 0.0435 e. The lowest BCUT2D eigenvalue weighted by Crippen LogP contribution is -2.54. The van der Waals surface area contributed by atoms with Crippen LogP contribution in [-0.2, 0) is 12.8 Å². The van der Waals surface area contributed by atoms with Crippen LogP contribution in [0, 0.1) is 29.1 Å². The molecule has 5 aliphatic rings. The van der Waals surface area contributed by atoms with Gasteiger partial charge in [-0.25, -0.2) is 0 Å². The number of anilines is 1. The molecule has 4 aliphatic carbocycles. The highest BCUT2D eigenvalue weighted by Crippen LogP contribution is 2.67. The van der Waals surface area contributed by atoms with Crippen molar-refractivity contribution in [3.63, 3.8) is 0 Å². The molecule has 26 heavy (non-hydrogen) atoms. The Bertz CT molecular complexity index is 650. The molecule has 0 unspecified atom stereocenters. The Kier molecular flexibility index (Phi) is 3.80. The summed E-state index contributed by atoms with van der Waals surface area (Å²) in [6, 6.07) is 7.04. The van der Waals surface area contributed by atoms with E-state index in [4.69, 9.17) is 0 Å². The highest BCUT2D eigenvalue weighted by atomic mass is 15.2. The van der Waals surface area contributed by atoms with Crippen molar-refractivity contribution in [1.29, 1.82) is 0 Å². The number of hydrogen-bond acceptors (Lipinski definition) is 1. The van der Waals surface area contributed by atoms with Gasteiger partial charge in [0.1, 0.15) is 0 Å². The van der Waals surface area contributed by atoms with Gasteiger partial charge >= 0.3 is 0 Å². The molecule has 1 nitrogen and oxygen atoms in total. The molecule has 1 saturated heterocycles. The Morgan fingerprint density at radius 1 is 0.885 bits per heavy atom. The van der Waals surface area contributed by atoms with Gasteiger partial charge in [-0.05, 0) is 105 Å². The van der Waals surface area contributed by atoms with Gasteiger partial charge in [-0.15, -0.1) is 0 Å². The maximum absolute atomic E-state index is 2.88. The second kappa shape index (κ2) is 5.76. The fourth-order valence-electron chi connectivity index (χ4n) is 8.08. The summed E-state index contributed by atoms with van der Waals surface area (Å²) in [5.41, 5.74) is 5.65. The van der Waals surface area contributed by atoms with Crippen molar-refractivity contribution < 1.29 is 0 Å². The molecule has 1 heterocycles. The number of hydrogen-bond donors (Lipinski definition) is 0. The molecule has 1 aromatic carbocycles. The molecule has 142 valence electrons. The Hall–Kier alpha value is -0.980. The van der Waals surface area contributed by atoms with Crippen LogP contribution in [0.3, 0.4) is 0 Å². The van der Waals surface area contributed by atoms with E-state index in [9.17, 15) is 0 Å². The van der Waals surface area contributed by atoms with Crippen LogP contribution >= 0.6 is 0 Å². The van der Waals surface area contributed by atoms with Crippen LogP contribution < -0.4 is 4.90 Å². The Balaban J connectivity index is 1.57. The summed E-state index contributed by atoms with van der Waals surface area (Å²) in [6.45, 7) is 11.1. The van der Waals surface area contributed by atoms with E-state index in [0.717, 1.165) is 36.5 Å². The van der Waals surface area contributed by atoms with Crippen LogP contribution in [-0.4, -0.2) is 12.1 Å². The van der Waals surface area contributed by atoms with E-state index in [1.807, 2.05) is 0 Å². The molecule has 0 N–H and O–H groups in total. The first-order valence-electron chi connectivity index (χ1n) is 11.3. The van der Waals surface area contributed by atoms with Gasteiger partial charge < -0.3 is 4.90 Å². The van der Waals surface area contributed by atoms with Gasteiger partial charge in [0.2, 0.25) is 0 Å². The first-order chi connectivity index (χ1) is 12.5. The van der Waals surface area contributed by atoms with Crippen molar-refractivity contribution in [2.24, 2.45) is 29.1 Å². The topological polar surface area (TPSA) is 3.24 Å². The number of benzene rings is 1. The van der Waals surface area contributed by atoms with Crippen LogP contribution in [0.2, 0.25) is 0 Å². The largest absolute Gasteiger partial charge is 0.365 e. The third-order valence-electron chi connectivity index (χ3n) is 8.94. The van der Waals surface area contributed by atoms with Crippen LogP contribution in [0.4, 0.5) is 5.69 Å². The van der Waals surface area contributed by atoms with E-state index in [-0.39, 0.29) is 0 Å². The van der Waals surface area contributed by atoms with Gasteiger partial charge in [-0.3, -0.25) is 0 Å². The quantitative estimate of drug-likeness (QED) is 0.623. The monoisotopic (exact) mass is 351 g/mol. The molecule has 0 aromatic heterocycles. The van der Waals surface area contributed by atoms with E-state index < -0.39 is 0 Å². The van der Waals surface area contributed by atoms with Crippen molar-refractivity contribution in [3.05, 3.63) is 29.3 Å². The van der Waals surface area contributed by atoms with Crippen molar-refractivity contribution >= 4 is 5.69 Å².